The SMILES string of the molecule is CC(=O)OCC(=O)[C@H]1[C@H](C#N)C[C@H]2[C@@H]3CC=C4CC(OC(C)=O)CC[C@]4(C)[C@H]3CC[C@@]21C. The lowest BCUT2D eigenvalue weighted by Gasteiger charge is -2.58. The second-order valence-corrected chi connectivity index (χ2v) is 11.0. The molecule has 4 rings (SSSR count). The lowest BCUT2D eigenvalue weighted by atomic mass is 9.47. The predicted molar refractivity (Wildman–Crippen MR) is 117 cm³/mol. The number of nitriles is 1. The molecule has 174 valence electrons. The molecule has 3 saturated carbocycles. The quantitative estimate of drug-likeness (QED) is 0.475. The van der Waals surface area contributed by atoms with Crippen molar-refractivity contribution in [2.75, 3.05) is 6.61 Å². The Morgan fingerprint density at radius 3 is 2.53 bits per heavy atom. The normalized spacial score (nSPS) is 42.4. The highest BCUT2D eigenvalue weighted by Crippen LogP contribution is 2.67. The van der Waals surface area contributed by atoms with E-state index in [0.29, 0.717) is 17.8 Å². The highest BCUT2D eigenvalue weighted by molar-refractivity contribution is 5.85. The molecule has 0 saturated heterocycles. The lowest BCUT2D eigenvalue weighted by molar-refractivity contribution is -0.150. The van der Waals surface area contributed by atoms with E-state index in [0.717, 1.165) is 44.9 Å². The van der Waals surface area contributed by atoms with E-state index in [9.17, 15) is 19.6 Å². The Kier molecular flexibility index (Phi) is 5.98. The Balaban J connectivity index is 1.58. The number of allylic oxidation sites excluding steroid dienone is 1. The first-order chi connectivity index (χ1) is 15.1. The number of ketones is 1. The van der Waals surface area contributed by atoms with Gasteiger partial charge in [-0.1, -0.05) is 25.5 Å². The zero-order valence-corrected chi connectivity index (χ0v) is 19.7. The third-order valence-corrected chi connectivity index (χ3v) is 9.38. The fraction of sp³-hybridized carbons (Fsp3) is 0.769. The van der Waals surface area contributed by atoms with Gasteiger partial charge in [-0.25, -0.2) is 0 Å². The van der Waals surface area contributed by atoms with Crippen molar-refractivity contribution < 1.29 is 23.9 Å². The second-order valence-electron chi connectivity index (χ2n) is 11.0. The Morgan fingerprint density at radius 1 is 1.12 bits per heavy atom. The van der Waals surface area contributed by atoms with Crippen LogP contribution in [-0.4, -0.2) is 30.4 Å². The second kappa shape index (κ2) is 8.32. The lowest BCUT2D eigenvalue weighted by Crippen LogP contribution is -2.51. The van der Waals surface area contributed by atoms with Crippen molar-refractivity contribution in [3.05, 3.63) is 11.6 Å². The van der Waals surface area contributed by atoms with Crippen molar-refractivity contribution in [2.24, 2.45) is 40.4 Å². The topological polar surface area (TPSA) is 93.5 Å². The molecule has 0 amide bonds. The molecule has 0 heterocycles. The minimum Gasteiger partial charge on any atom is -0.462 e. The van der Waals surface area contributed by atoms with Crippen LogP contribution in [0.15, 0.2) is 11.6 Å². The predicted octanol–water partition coefficient (Wildman–Crippen LogP) is 4.38. The van der Waals surface area contributed by atoms with Gasteiger partial charge in [0, 0.05) is 26.2 Å². The number of rotatable bonds is 4. The van der Waals surface area contributed by atoms with Gasteiger partial charge in [-0.2, -0.15) is 5.26 Å². The van der Waals surface area contributed by atoms with Crippen LogP contribution in [0.3, 0.4) is 0 Å². The Hall–Kier alpha value is -2.16. The molecule has 0 aromatic carbocycles. The van der Waals surface area contributed by atoms with Gasteiger partial charge in [0.2, 0.25) is 0 Å². The molecule has 4 aliphatic carbocycles. The van der Waals surface area contributed by atoms with E-state index in [4.69, 9.17) is 9.47 Å². The fourth-order valence-corrected chi connectivity index (χ4v) is 7.99. The summed E-state index contributed by atoms with van der Waals surface area (Å²) in [5.41, 5.74) is 1.30. The number of nitrogens with zero attached hydrogens (tertiary/aromatic N) is 1. The van der Waals surface area contributed by atoms with E-state index in [2.05, 4.69) is 26.0 Å². The van der Waals surface area contributed by atoms with E-state index in [-0.39, 0.29) is 47.1 Å². The van der Waals surface area contributed by atoms with Crippen LogP contribution in [0, 0.1) is 51.8 Å². The summed E-state index contributed by atoms with van der Waals surface area (Å²) < 4.78 is 10.5. The van der Waals surface area contributed by atoms with Crippen molar-refractivity contribution in [2.45, 2.75) is 78.7 Å². The zero-order valence-electron chi connectivity index (χ0n) is 19.7. The summed E-state index contributed by atoms with van der Waals surface area (Å²) in [5.74, 6) is -0.152. The maximum Gasteiger partial charge on any atom is 0.303 e. The molecule has 3 fully saturated rings. The van der Waals surface area contributed by atoms with Crippen molar-refractivity contribution in [3.63, 3.8) is 0 Å². The molecule has 0 radical (unpaired) electrons. The van der Waals surface area contributed by atoms with Gasteiger partial charge >= 0.3 is 11.9 Å². The van der Waals surface area contributed by atoms with Crippen molar-refractivity contribution in [1.82, 2.24) is 0 Å². The molecule has 1 unspecified atom stereocenters. The first-order valence-electron chi connectivity index (χ1n) is 12.0. The molecule has 0 N–H and O–H groups in total. The molecule has 6 nitrogen and oxygen atoms in total. The van der Waals surface area contributed by atoms with Crippen LogP contribution in [0.4, 0.5) is 0 Å². The average Bonchev–Trinajstić information content (AvgIpc) is 3.04. The standard InChI is InChI=1S/C26H35NO5/c1-15(28)31-14-23(30)24-17(13-27)11-22-20-6-5-18-12-19(32-16(2)29)7-9-25(18,3)21(20)8-10-26(22,24)4/h5,17,19-22,24H,6-12,14H2,1-4H3/t17-,19?,20+,21-,22-,24+,25-,26-/m0/s1. The molecule has 32 heavy (non-hydrogen) atoms. The molecule has 0 aromatic rings. The molecular formula is C26H35NO5. The number of fused-ring (bicyclic) bond motifs is 5. The number of Topliss-reactive ketones (excluding diaryl/α,β-unsaturated/α-hetero) is 1. The highest BCUT2D eigenvalue weighted by Gasteiger charge is 2.62. The van der Waals surface area contributed by atoms with Crippen LogP contribution in [0.1, 0.15) is 72.6 Å². The smallest absolute Gasteiger partial charge is 0.303 e. The average molecular weight is 442 g/mol. The monoisotopic (exact) mass is 441 g/mol. The summed E-state index contributed by atoms with van der Waals surface area (Å²) in [7, 11) is 0. The molecule has 0 spiro atoms. The first-order valence-corrected chi connectivity index (χ1v) is 12.0. The molecule has 0 aliphatic heterocycles. The summed E-state index contributed by atoms with van der Waals surface area (Å²) in [6, 6.07) is 2.42. The zero-order chi connectivity index (χ0) is 23.3. The minimum atomic E-state index is -0.461. The van der Waals surface area contributed by atoms with E-state index in [1.807, 2.05) is 0 Å². The van der Waals surface area contributed by atoms with Gasteiger partial charge in [0.05, 0.1) is 12.0 Å². The summed E-state index contributed by atoms with van der Waals surface area (Å²) in [6.07, 6.45) is 8.76. The van der Waals surface area contributed by atoms with E-state index in [1.54, 1.807) is 0 Å². The van der Waals surface area contributed by atoms with Crippen LogP contribution in [0.5, 0.6) is 0 Å². The van der Waals surface area contributed by atoms with Gasteiger partial charge in [-0.3, -0.25) is 14.4 Å². The van der Waals surface area contributed by atoms with E-state index < -0.39 is 5.97 Å². The van der Waals surface area contributed by atoms with E-state index >= 15 is 0 Å². The van der Waals surface area contributed by atoms with E-state index in [1.165, 1.54) is 19.4 Å². The van der Waals surface area contributed by atoms with Crippen LogP contribution >= 0.6 is 0 Å². The molecule has 4 aliphatic rings. The number of esters is 2. The molecule has 6 heteroatoms. The number of carbonyl (C=O) groups excluding carboxylic acids is 3. The Labute approximate surface area is 190 Å². The van der Waals surface area contributed by atoms with Gasteiger partial charge in [0.25, 0.3) is 0 Å². The van der Waals surface area contributed by atoms with Crippen molar-refractivity contribution >= 4 is 17.7 Å². The van der Waals surface area contributed by atoms with Crippen molar-refractivity contribution in [3.8, 4) is 6.07 Å². The summed E-state index contributed by atoms with van der Waals surface area (Å²) in [4.78, 5) is 35.8. The van der Waals surface area contributed by atoms with Crippen LogP contribution in [-0.2, 0) is 23.9 Å². The van der Waals surface area contributed by atoms with Gasteiger partial charge < -0.3 is 9.47 Å². The largest absolute Gasteiger partial charge is 0.462 e. The summed E-state index contributed by atoms with van der Waals surface area (Å²) in [5, 5.41) is 9.90. The van der Waals surface area contributed by atoms with Crippen molar-refractivity contribution in [1.29, 1.82) is 5.26 Å². The number of hydrogen-bond acceptors (Lipinski definition) is 6. The molecule has 0 bridgehead atoms. The number of carbonyl (C=O) groups is 3. The maximum atomic E-state index is 13.1. The number of ether oxygens (including phenoxy) is 2. The summed E-state index contributed by atoms with van der Waals surface area (Å²) in [6.45, 7) is 7.13. The molecule has 8 atom stereocenters. The van der Waals surface area contributed by atoms with Gasteiger partial charge in [-0.05, 0) is 67.1 Å². The third-order valence-electron chi connectivity index (χ3n) is 9.38. The van der Waals surface area contributed by atoms with Crippen LogP contribution in [0.25, 0.3) is 0 Å². The molecule has 0 aromatic heterocycles. The minimum absolute atomic E-state index is 0.0186. The molecular weight excluding hydrogens is 406 g/mol. The third kappa shape index (κ3) is 3.68. The maximum absolute atomic E-state index is 13.1. The number of hydrogen-bond donors (Lipinski definition) is 0. The van der Waals surface area contributed by atoms with Gasteiger partial charge in [0.15, 0.2) is 5.78 Å². The van der Waals surface area contributed by atoms with Crippen LogP contribution in [0.2, 0.25) is 0 Å². The first kappa shape index (κ1) is 23.0. The Bertz CT molecular complexity index is 887. The highest BCUT2D eigenvalue weighted by atomic mass is 16.5. The fourth-order valence-electron chi connectivity index (χ4n) is 7.99. The van der Waals surface area contributed by atoms with Gasteiger partial charge in [-0.15, -0.1) is 0 Å². The Morgan fingerprint density at radius 2 is 1.88 bits per heavy atom. The van der Waals surface area contributed by atoms with Gasteiger partial charge in [0.1, 0.15) is 12.7 Å². The summed E-state index contributed by atoms with van der Waals surface area (Å²) >= 11 is 0. The van der Waals surface area contributed by atoms with Crippen LogP contribution < -0.4 is 0 Å².